The van der Waals surface area contributed by atoms with Crippen molar-refractivity contribution in [3.8, 4) is 0 Å². The number of nitrogens with one attached hydrogen (secondary N) is 1. The van der Waals surface area contributed by atoms with E-state index in [0.29, 0.717) is 32.1 Å². The Bertz CT molecular complexity index is 256. The summed E-state index contributed by atoms with van der Waals surface area (Å²) in [6.45, 7) is 2.74. The van der Waals surface area contributed by atoms with E-state index in [-0.39, 0.29) is 17.4 Å². The van der Waals surface area contributed by atoms with E-state index in [1.807, 2.05) is 0 Å². The van der Waals surface area contributed by atoms with E-state index in [1.165, 1.54) is 0 Å². The molecule has 1 aliphatic heterocycles. The molecule has 0 aromatic carbocycles. The van der Waals surface area contributed by atoms with Gasteiger partial charge in [-0.05, 0) is 25.7 Å². The standard InChI is InChI=1S/C12H21NO3S/c14-11(13-5-8-17)10-1-3-12(4-2-10)9-15-6-7-16-12/h10,17H,1-9H2,(H,13,14). The van der Waals surface area contributed by atoms with Gasteiger partial charge in [-0.25, -0.2) is 0 Å². The van der Waals surface area contributed by atoms with Gasteiger partial charge in [0.15, 0.2) is 0 Å². The Labute approximate surface area is 108 Å². The van der Waals surface area contributed by atoms with Crippen LogP contribution >= 0.6 is 12.6 Å². The minimum atomic E-state index is -0.0986. The molecular weight excluding hydrogens is 238 g/mol. The first kappa shape index (κ1) is 13.2. The number of hydrogen-bond acceptors (Lipinski definition) is 4. The van der Waals surface area contributed by atoms with Gasteiger partial charge in [0, 0.05) is 18.2 Å². The third-order valence-corrected chi connectivity index (χ3v) is 3.90. The molecule has 5 heteroatoms. The fraction of sp³-hybridized carbons (Fsp3) is 0.917. The second kappa shape index (κ2) is 6.07. The SMILES string of the molecule is O=C(NCCS)C1CCC2(CC1)COCCO2. The maximum atomic E-state index is 11.8. The molecule has 2 rings (SSSR count). The van der Waals surface area contributed by atoms with Crippen molar-refractivity contribution in [2.75, 3.05) is 32.1 Å². The summed E-state index contributed by atoms with van der Waals surface area (Å²) >= 11 is 4.09. The Morgan fingerprint density at radius 3 is 2.71 bits per heavy atom. The summed E-state index contributed by atoms with van der Waals surface area (Å²) in [5.74, 6) is 1.01. The first-order chi connectivity index (χ1) is 8.26. The van der Waals surface area contributed by atoms with Crippen LogP contribution in [0.15, 0.2) is 0 Å². The molecule has 0 atom stereocenters. The van der Waals surface area contributed by atoms with E-state index in [4.69, 9.17) is 9.47 Å². The van der Waals surface area contributed by atoms with Gasteiger partial charge in [-0.1, -0.05) is 0 Å². The number of thiol groups is 1. The summed E-state index contributed by atoms with van der Waals surface area (Å²) in [6, 6.07) is 0. The Kier molecular flexibility index (Phi) is 4.70. The lowest BCUT2D eigenvalue weighted by Crippen LogP contribution is -2.47. The molecule has 1 amide bonds. The monoisotopic (exact) mass is 259 g/mol. The molecule has 2 aliphatic rings. The first-order valence-corrected chi connectivity index (χ1v) is 6.99. The number of amides is 1. The zero-order valence-electron chi connectivity index (χ0n) is 10.1. The highest BCUT2D eigenvalue weighted by molar-refractivity contribution is 7.80. The zero-order valence-corrected chi connectivity index (χ0v) is 11.0. The van der Waals surface area contributed by atoms with Crippen LogP contribution in [-0.2, 0) is 14.3 Å². The Morgan fingerprint density at radius 2 is 2.12 bits per heavy atom. The van der Waals surface area contributed by atoms with Crippen molar-refractivity contribution in [2.24, 2.45) is 5.92 Å². The topological polar surface area (TPSA) is 47.6 Å². The fourth-order valence-corrected chi connectivity index (χ4v) is 2.75. The van der Waals surface area contributed by atoms with Crippen LogP contribution in [0, 0.1) is 5.92 Å². The maximum Gasteiger partial charge on any atom is 0.223 e. The van der Waals surface area contributed by atoms with Gasteiger partial charge < -0.3 is 14.8 Å². The van der Waals surface area contributed by atoms with Crippen molar-refractivity contribution in [3.05, 3.63) is 0 Å². The van der Waals surface area contributed by atoms with Gasteiger partial charge in [-0.15, -0.1) is 0 Å². The summed E-state index contributed by atoms with van der Waals surface area (Å²) < 4.78 is 11.3. The van der Waals surface area contributed by atoms with Gasteiger partial charge in [0.25, 0.3) is 0 Å². The van der Waals surface area contributed by atoms with Crippen molar-refractivity contribution in [3.63, 3.8) is 0 Å². The minimum absolute atomic E-state index is 0.0986. The Balaban J connectivity index is 1.78. The zero-order chi connectivity index (χ0) is 12.1. The Morgan fingerprint density at radius 1 is 1.35 bits per heavy atom. The summed E-state index contributed by atoms with van der Waals surface area (Å²) in [7, 11) is 0. The molecule has 1 spiro atoms. The lowest BCUT2D eigenvalue weighted by Gasteiger charge is -2.41. The van der Waals surface area contributed by atoms with Gasteiger partial charge in [-0.2, -0.15) is 12.6 Å². The molecular formula is C12H21NO3S. The molecule has 1 N–H and O–H groups in total. The number of hydrogen-bond donors (Lipinski definition) is 2. The molecule has 0 bridgehead atoms. The van der Waals surface area contributed by atoms with Crippen LogP contribution in [0.1, 0.15) is 25.7 Å². The van der Waals surface area contributed by atoms with Gasteiger partial charge in [0.05, 0.1) is 25.4 Å². The van der Waals surface area contributed by atoms with E-state index in [1.54, 1.807) is 0 Å². The minimum Gasteiger partial charge on any atom is -0.376 e. The smallest absolute Gasteiger partial charge is 0.223 e. The third-order valence-electron chi connectivity index (χ3n) is 3.68. The predicted molar refractivity (Wildman–Crippen MR) is 68.3 cm³/mol. The van der Waals surface area contributed by atoms with E-state index in [9.17, 15) is 4.79 Å². The van der Waals surface area contributed by atoms with Crippen LogP contribution in [0.4, 0.5) is 0 Å². The molecule has 1 aliphatic carbocycles. The van der Waals surface area contributed by atoms with Gasteiger partial charge in [0.2, 0.25) is 5.91 Å². The van der Waals surface area contributed by atoms with Crippen molar-refractivity contribution in [2.45, 2.75) is 31.3 Å². The normalized spacial score (nSPS) is 33.6. The molecule has 0 radical (unpaired) electrons. The summed E-state index contributed by atoms with van der Waals surface area (Å²) in [6.07, 6.45) is 3.68. The van der Waals surface area contributed by atoms with Gasteiger partial charge >= 0.3 is 0 Å². The molecule has 4 nitrogen and oxygen atoms in total. The lowest BCUT2D eigenvalue weighted by atomic mass is 9.78. The second-order valence-electron chi connectivity index (χ2n) is 4.87. The highest BCUT2D eigenvalue weighted by Crippen LogP contribution is 2.36. The average Bonchev–Trinajstić information content (AvgIpc) is 2.38. The van der Waals surface area contributed by atoms with E-state index >= 15 is 0 Å². The molecule has 0 aromatic rings. The average molecular weight is 259 g/mol. The predicted octanol–water partition coefficient (Wildman–Crippen LogP) is 1.01. The van der Waals surface area contributed by atoms with E-state index < -0.39 is 0 Å². The molecule has 17 heavy (non-hydrogen) atoms. The maximum absolute atomic E-state index is 11.8. The van der Waals surface area contributed by atoms with Crippen molar-refractivity contribution in [1.29, 1.82) is 0 Å². The summed E-state index contributed by atoms with van der Waals surface area (Å²) in [4.78, 5) is 11.8. The fourth-order valence-electron chi connectivity index (χ4n) is 2.64. The van der Waals surface area contributed by atoms with Crippen LogP contribution in [-0.4, -0.2) is 43.6 Å². The van der Waals surface area contributed by atoms with Crippen molar-refractivity contribution < 1.29 is 14.3 Å². The van der Waals surface area contributed by atoms with E-state index in [2.05, 4.69) is 17.9 Å². The molecule has 0 unspecified atom stereocenters. The highest BCUT2D eigenvalue weighted by Gasteiger charge is 2.39. The van der Waals surface area contributed by atoms with E-state index in [0.717, 1.165) is 25.7 Å². The van der Waals surface area contributed by atoms with Crippen LogP contribution in [0.3, 0.4) is 0 Å². The number of carbonyl (C=O) groups excluding carboxylic acids is 1. The highest BCUT2D eigenvalue weighted by atomic mass is 32.1. The van der Waals surface area contributed by atoms with Crippen LogP contribution in [0.5, 0.6) is 0 Å². The number of ether oxygens (including phenoxy) is 2. The van der Waals surface area contributed by atoms with Crippen LogP contribution < -0.4 is 5.32 Å². The molecule has 0 aromatic heterocycles. The van der Waals surface area contributed by atoms with Crippen LogP contribution in [0.2, 0.25) is 0 Å². The van der Waals surface area contributed by atoms with Crippen LogP contribution in [0.25, 0.3) is 0 Å². The van der Waals surface area contributed by atoms with Gasteiger partial charge in [0.1, 0.15) is 0 Å². The summed E-state index contributed by atoms with van der Waals surface area (Å²) in [5, 5.41) is 2.91. The quantitative estimate of drug-likeness (QED) is 0.744. The Hall–Kier alpha value is -0.260. The number of carbonyl (C=O) groups is 1. The molecule has 2 fully saturated rings. The molecule has 1 saturated heterocycles. The largest absolute Gasteiger partial charge is 0.376 e. The van der Waals surface area contributed by atoms with Crippen molar-refractivity contribution >= 4 is 18.5 Å². The number of rotatable bonds is 3. The molecule has 98 valence electrons. The van der Waals surface area contributed by atoms with Crippen molar-refractivity contribution in [1.82, 2.24) is 5.32 Å². The second-order valence-corrected chi connectivity index (χ2v) is 5.32. The lowest BCUT2D eigenvalue weighted by molar-refractivity contribution is -0.176. The third kappa shape index (κ3) is 3.36. The first-order valence-electron chi connectivity index (χ1n) is 6.36. The molecule has 1 heterocycles. The van der Waals surface area contributed by atoms with Gasteiger partial charge in [-0.3, -0.25) is 4.79 Å². The summed E-state index contributed by atoms with van der Waals surface area (Å²) in [5.41, 5.74) is -0.0986. The molecule has 1 saturated carbocycles.